The third kappa shape index (κ3) is 3.08. The van der Waals surface area contributed by atoms with Gasteiger partial charge in [0.1, 0.15) is 5.82 Å². The normalized spacial score (nSPS) is 10.1. The first kappa shape index (κ1) is 13.0. The summed E-state index contributed by atoms with van der Waals surface area (Å²) in [6.45, 7) is 3.76. The molecular weight excluding hydrogens is 240 g/mol. The summed E-state index contributed by atoms with van der Waals surface area (Å²) in [5.74, 6) is 5.60. The van der Waals surface area contributed by atoms with Crippen molar-refractivity contribution in [3.8, 4) is 0 Å². The van der Waals surface area contributed by atoms with Crippen LogP contribution in [-0.2, 0) is 0 Å². The van der Waals surface area contributed by atoms with Gasteiger partial charge in [-0.15, -0.1) is 0 Å². The summed E-state index contributed by atoms with van der Waals surface area (Å²) < 4.78 is 0. The van der Waals surface area contributed by atoms with Gasteiger partial charge in [0.25, 0.3) is 5.91 Å². The summed E-state index contributed by atoms with van der Waals surface area (Å²) in [5, 5.41) is 2.87. The van der Waals surface area contributed by atoms with Crippen molar-refractivity contribution >= 4 is 17.4 Å². The van der Waals surface area contributed by atoms with Crippen molar-refractivity contribution in [3.05, 3.63) is 53.2 Å². The molecule has 1 aromatic carbocycles. The maximum Gasteiger partial charge on any atom is 0.255 e. The van der Waals surface area contributed by atoms with Gasteiger partial charge in [-0.2, -0.15) is 0 Å². The molecule has 1 heterocycles. The summed E-state index contributed by atoms with van der Waals surface area (Å²) in [4.78, 5) is 16.3. The summed E-state index contributed by atoms with van der Waals surface area (Å²) >= 11 is 0. The topological polar surface area (TPSA) is 80.0 Å². The molecule has 0 unspecified atom stereocenters. The molecule has 0 atom stereocenters. The second-order valence-electron chi connectivity index (χ2n) is 4.30. The number of nitrogens with zero attached hydrogens (tertiary/aromatic N) is 1. The van der Waals surface area contributed by atoms with E-state index >= 15 is 0 Å². The van der Waals surface area contributed by atoms with Crippen molar-refractivity contribution in [1.29, 1.82) is 0 Å². The molecule has 1 amide bonds. The lowest BCUT2D eigenvalue weighted by Gasteiger charge is -2.09. The zero-order chi connectivity index (χ0) is 13.8. The highest BCUT2D eigenvalue weighted by Gasteiger charge is 2.09. The van der Waals surface area contributed by atoms with Crippen LogP contribution in [0.2, 0.25) is 0 Å². The lowest BCUT2D eigenvalue weighted by Crippen LogP contribution is -2.15. The van der Waals surface area contributed by atoms with E-state index in [1.54, 1.807) is 12.1 Å². The Morgan fingerprint density at radius 3 is 2.63 bits per heavy atom. The fourth-order valence-corrected chi connectivity index (χ4v) is 1.78. The van der Waals surface area contributed by atoms with Crippen molar-refractivity contribution in [2.75, 3.05) is 10.7 Å². The third-order valence-electron chi connectivity index (χ3n) is 2.76. The first-order valence-corrected chi connectivity index (χ1v) is 5.92. The number of aryl methyl sites for hydroxylation is 2. The van der Waals surface area contributed by atoms with Gasteiger partial charge in [0.2, 0.25) is 0 Å². The van der Waals surface area contributed by atoms with Crippen LogP contribution in [0.1, 0.15) is 21.6 Å². The quantitative estimate of drug-likeness (QED) is 0.581. The van der Waals surface area contributed by atoms with E-state index < -0.39 is 0 Å². The van der Waals surface area contributed by atoms with E-state index in [1.165, 1.54) is 0 Å². The van der Waals surface area contributed by atoms with Gasteiger partial charge in [-0.25, -0.2) is 10.8 Å². The maximum atomic E-state index is 12.2. The number of aromatic nitrogens is 1. The van der Waals surface area contributed by atoms with Crippen LogP contribution in [-0.4, -0.2) is 10.9 Å². The van der Waals surface area contributed by atoms with Gasteiger partial charge in [0, 0.05) is 16.9 Å². The van der Waals surface area contributed by atoms with Crippen molar-refractivity contribution in [1.82, 2.24) is 4.98 Å². The summed E-state index contributed by atoms with van der Waals surface area (Å²) in [6, 6.07) is 10.9. The van der Waals surface area contributed by atoms with Gasteiger partial charge < -0.3 is 10.7 Å². The standard InChI is InChI=1S/C14H16N4O/c1-9-5-3-4-6-12(9)17-14(19)11-7-10(2)16-13(8-11)18-15/h3-8H,15H2,1-2H3,(H,16,18)(H,17,19). The molecule has 0 saturated heterocycles. The van der Waals surface area contributed by atoms with E-state index in [4.69, 9.17) is 5.84 Å². The van der Waals surface area contributed by atoms with E-state index in [0.717, 1.165) is 16.9 Å². The molecule has 0 aliphatic rings. The van der Waals surface area contributed by atoms with Crippen LogP contribution in [0.4, 0.5) is 11.5 Å². The molecule has 1 aromatic heterocycles. The van der Waals surface area contributed by atoms with Crippen LogP contribution in [0.3, 0.4) is 0 Å². The van der Waals surface area contributed by atoms with Crippen molar-refractivity contribution < 1.29 is 4.79 Å². The van der Waals surface area contributed by atoms with Crippen LogP contribution in [0, 0.1) is 13.8 Å². The number of benzene rings is 1. The van der Waals surface area contributed by atoms with E-state index in [9.17, 15) is 4.79 Å². The fourth-order valence-electron chi connectivity index (χ4n) is 1.78. The van der Waals surface area contributed by atoms with Gasteiger partial charge in [-0.1, -0.05) is 18.2 Å². The predicted octanol–water partition coefficient (Wildman–Crippen LogP) is 2.24. The lowest BCUT2D eigenvalue weighted by atomic mass is 10.1. The number of pyridine rings is 1. The largest absolute Gasteiger partial charge is 0.322 e. The zero-order valence-electron chi connectivity index (χ0n) is 10.9. The Morgan fingerprint density at radius 1 is 1.21 bits per heavy atom. The number of hydrazine groups is 1. The Kier molecular flexibility index (Phi) is 3.77. The van der Waals surface area contributed by atoms with Crippen LogP contribution in [0.25, 0.3) is 0 Å². The van der Waals surface area contributed by atoms with Gasteiger partial charge in [0.15, 0.2) is 0 Å². The molecule has 0 bridgehead atoms. The highest BCUT2D eigenvalue weighted by molar-refractivity contribution is 6.05. The van der Waals surface area contributed by atoms with Gasteiger partial charge in [0.05, 0.1) is 0 Å². The first-order chi connectivity index (χ1) is 9.10. The number of anilines is 2. The molecule has 0 fully saturated rings. The highest BCUT2D eigenvalue weighted by atomic mass is 16.1. The second-order valence-corrected chi connectivity index (χ2v) is 4.30. The van der Waals surface area contributed by atoms with Crippen molar-refractivity contribution in [2.45, 2.75) is 13.8 Å². The van der Waals surface area contributed by atoms with E-state index in [0.29, 0.717) is 11.4 Å². The molecule has 4 N–H and O–H groups in total. The number of hydrogen-bond donors (Lipinski definition) is 3. The predicted molar refractivity (Wildman–Crippen MR) is 75.9 cm³/mol. The molecule has 98 valence electrons. The molecule has 0 saturated carbocycles. The van der Waals surface area contributed by atoms with E-state index in [-0.39, 0.29) is 5.91 Å². The van der Waals surface area contributed by atoms with Crippen LogP contribution >= 0.6 is 0 Å². The van der Waals surface area contributed by atoms with E-state index in [1.807, 2.05) is 38.1 Å². The molecule has 2 rings (SSSR count). The molecule has 0 aliphatic carbocycles. The van der Waals surface area contributed by atoms with E-state index in [2.05, 4.69) is 15.7 Å². The number of carbonyl (C=O) groups is 1. The number of rotatable bonds is 3. The maximum absolute atomic E-state index is 12.2. The number of nitrogens with two attached hydrogens (primary N) is 1. The monoisotopic (exact) mass is 256 g/mol. The number of para-hydroxylation sites is 1. The molecule has 19 heavy (non-hydrogen) atoms. The lowest BCUT2D eigenvalue weighted by molar-refractivity contribution is 0.102. The minimum atomic E-state index is -0.184. The number of hydrogen-bond acceptors (Lipinski definition) is 4. The Labute approximate surface area is 111 Å². The molecule has 5 heteroatoms. The molecule has 0 spiro atoms. The number of nitrogen functional groups attached to an aromatic ring is 1. The molecule has 5 nitrogen and oxygen atoms in total. The Balaban J connectivity index is 2.25. The molecule has 2 aromatic rings. The van der Waals surface area contributed by atoms with Crippen LogP contribution in [0.5, 0.6) is 0 Å². The number of carbonyl (C=O) groups excluding carboxylic acids is 1. The average molecular weight is 256 g/mol. The van der Waals surface area contributed by atoms with Gasteiger partial charge in [-0.3, -0.25) is 4.79 Å². The van der Waals surface area contributed by atoms with Crippen LogP contribution in [0.15, 0.2) is 36.4 Å². The number of amides is 1. The SMILES string of the molecule is Cc1cc(C(=O)Nc2ccccc2C)cc(NN)n1. The van der Waals surface area contributed by atoms with Crippen molar-refractivity contribution in [3.63, 3.8) is 0 Å². The number of nitrogens with one attached hydrogen (secondary N) is 2. The van der Waals surface area contributed by atoms with Gasteiger partial charge >= 0.3 is 0 Å². The minimum absolute atomic E-state index is 0.184. The first-order valence-electron chi connectivity index (χ1n) is 5.92. The van der Waals surface area contributed by atoms with Crippen molar-refractivity contribution in [2.24, 2.45) is 5.84 Å². The smallest absolute Gasteiger partial charge is 0.255 e. The second kappa shape index (κ2) is 5.49. The molecule has 0 aliphatic heterocycles. The minimum Gasteiger partial charge on any atom is -0.322 e. The highest BCUT2D eigenvalue weighted by Crippen LogP contribution is 2.16. The zero-order valence-corrected chi connectivity index (χ0v) is 10.9. The Bertz CT molecular complexity index is 610. The fraction of sp³-hybridized carbons (Fsp3) is 0.143. The summed E-state index contributed by atoms with van der Waals surface area (Å²) in [7, 11) is 0. The Morgan fingerprint density at radius 2 is 1.95 bits per heavy atom. The summed E-state index contributed by atoms with van der Waals surface area (Å²) in [5.41, 5.74) is 5.50. The molecule has 0 radical (unpaired) electrons. The third-order valence-corrected chi connectivity index (χ3v) is 2.76. The average Bonchev–Trinajstić information content (AvgIpc) is 2.40. The van der Waals surface area contributed by atoms with Crippen LogP contribution < -0.4 is 16.6 Å². The molecular formula is C14H16N4O. The van der Waals surface area contributed by atoms with Gasteiger partial charge in [-0.05, 0) is 37.6 Å². The Hall–Kier alpha value is -2.40. The summed E-state index contributed by atoms with van der Waals surface area (Å²) in [6.07, 6.45) is 0.